The Morgan fingerprint density at radius 3 is 2.84 bits per heavy atom. The summed E-state index contributed by atoms with van der Waals surface area (Å²) in [6, 6.07) is 2.06. The highest BCUT2D eigenvalue weighted by atomic mass is 16.5. The predicted molar refractivity (Wildman–Crippen MR) is 68.0 cm³/mol. The van der Waals surface area contributed by atoms with Gasteiger partial charge in [0.1, 0.15) is 0 Å². The van der Waals surface area contributed by atoms with Gasteiger partial charge in [0.2, 0.25) is 5.95 Å². The molecule has 0 aromatic carbocycles. The molecule has 0 spiro atoms. The molecule has 0 bridgehead atoms. The third-order valence-electron chi connectivity index (χ3n) is 2.54. The van der Waals surface area contributed by atoms with Crippen LogP contribution in [0.15, 0.2) is 6.20 Å². The van der Waals surface area contributed by atoms with Crippen LogP contribution in [-0.4, -0.2) is 47.8 Å². The van der Waals surface area contributed by atoms with Gasteiger partial charge in [-0.2, -0.15) is 5.26 Å². The SMILES string of the molecule is COCCN(CCC#N)c1ncc(C(=O)O)c(C)n1. The van der Waals surface area contributed by atoms with Crippen LogP contribution in [0.3, 0.4) is 0 Å². The molecule has 0 aliphatic carbocycles. The molecular formula is C12H16N4O3. The number of nitrogens with zero attached hydrogens (tertiary/aromatic N) is 4. The first-order valence-corrected chi connectivity index (χ1v) is 5.78. The fourth-order valence-electron chi connectivity index (χ4n) is 1.52. The van der Waals surface area contributed by atoms with Crippen molar-refractivity contribution in [1.29, 1.82) is 5.26 Å². The van der Waals surface area contributed by atoms with Gasteiger partial charge in [-0.05, 0) is 6.92 Å². The molecule has 102 valence electrons. The predicted octanol–water partition coefficient (Wildman–Crippen LogP) is 0.850. The molecule has 1 rings (SSSR count). The summed E-state index contributed by atoms with van der Waals surface area (Å²) in [4.78, 5) is 20.9. The number of carbonyl (C=O) groups is 1. The van der Waals surface area contributed by atoms with E-state index in [4.69, 9.17) is 15.1 Å². The van der Waals surface area contributed by atoms with Crippen LogP contribution in [0, 0.1) is 18.3 Å². The van der Waals surface area contributed by atoms with Crippen molar-refractivity contribution in [1.82, 2.24) is 9.97 Å². The number of hydrogen-bond acceptors (Lipinski definition) is 6. The monoisotopic (exact) mass is 264 g/mol. The average molecular weight is 264 g/mol. The Balaban J connectivity index is 2.92. The number of methoxy groups -OCH3 is 1. The molecular weight excluding hydrogens is 248 g/mol. The van der Waals surface area contributed by atoms with Gasteiger partial charge in [-0.25, -0.2) is 14.8 Å². The molecule has 0 aliphatic rings. The maximum atomic E-state index is 10.9. The Morgan fingerprint density at radius 1 is 1.58 bits per heavy atom. The minimum Gasteiger partial charge on any atom is -0.478 e. The third-order valence-corrected chi connectivity index (χ3v) is 2.54. The Labute approximate surface area is 111 Å². The maximum absolute atomic E-state index is 10.9. The van der Waals surface area contributed by atoms with E-state index >= 15 is 0 Å². The molecule has 7 nitrogen and oxygen atoms in total. The van der Waals surface area contributed by atoms with Crippen LogP contribution in [-0.2, 0) is 4.74 Å². The molecule has 0 saturated heterocycles. The zero-order chi connectivity index (χ0) is 14.3. The molecule has 1 aromatic heterocycles. The number of aromatic carboxylic acids is 1. The second kappa shape index (κ2) is 7.28. The molecule has 0 unspecified atom stereocenters. The summed E-state index contributed by atoms with van der Waals surface area (Å²) in [6.07, 6.45) is 1.62. The normalized spacial score (nSPS) is 9.95. The topological polar surface area (TPSA) is 99.3 Å². The number of hydrogen-bond donors (Lipinski definition) is 1. The summed E-state index contributed by atoms with van der Waals surface area (Å²) in [5.41, 5.74) is 0.479. The number of rotatable bonds is 7. The smallest absolute Gasteiger partial charge is 0.339 e. The van der Waals surface area contributed by atoms with Crippen molar-refractivity contribution in [3.63, 3.8) is 0 Å². The van der Waals surface area contributed by atoms with Gasteiger partial charge in [0, 0.05) is 26.4 Å². The Kier molecular flexibility index (Phi) is 5.70. The molecule has 1 aromatic rings. The zero-order valence-electron chi connectivity index (χ0n) is 11.0. The van der Waals surface area contributed by atoms with E-state index in [1.165, 1.54) is 6.20 Å². The molecule has 0 radical (unpaired) electrons. The molecule has 0 atom stereocenters. The van der Waals surface area contributed by atoms with Crippen LogP contribution in [0.1, 0.15) is 22.5 Å². The lowest BCUT2D eigenvalue weighted by atomic mass is 10.2. The van der Waals surface area contributed by atoms with Crippen LogP contribution in [0.5, 0.6) is 0 Å². The lowest BCUT2D eigenvalue weighted by Gasteiger charge is -2.21. The Morgan fingerprint density at radius 2 is 2.32 bits per heavy atom. The molecule has 0 aliphatic heterocycles. The van der Waals surface area contributed by atoms with Gasteiger partial charge < -0.3 is 14.7 Å². The number of nitriles is 1. The van der Waals surface area contributed by atoms with Crippen molar-refractivity contribution in [2.45, 2.75) is 13.3 Å². The fraction of sp³-hybridized carbons (Fsp3) is 0.500. The fourth-order valence-corrected chi connectivity index (χ4v) is 1.52. The first-order chi connectivity index (χ1) is 9.10. The van der Waals surface area contributed by atoms with Crippen molar-refractivity contribution in [2.75, 3.05) is 31.7 Å². The number of anilines is 1. The van der Waals surface area contributed by atoms with E-state index < -0.39 is 5.97 Å². The highest BCUT2D eigenvalue weighted by molar-refractivity contribution is 5.88. The van der Waals surface area contributed by atoms with E-state index in [2.05, 4.69) is 16.0 Å². The number of aromatic nitrogens is 2. The van der Waals surface area contributed by atoms with Gasteiger partial charge in [-0.15, -0.1) is 0 Å². The highest BCUT2D eigenvalue weighted by Crippen LogP contribution is 2.11. The standard InChI is InChI=1S/C12H16N4O3/c1-9-10(11(17)18)8-14-12(15-9)16(5-3-4-13)6-7-19-2/h8H,3,5-7H2,1-2H3,(H,17,18). The van der Waals surface area contributed by atoms with Crippen molar-refractivity contribution in [3.8, 4) is 6.07 Å². The van der Waals surface area contributed by atoms with E-state index in [1.807, 2.05) is 0 Å². The lowest BCUT2D eigenvalue weighted by Crippen LogP contribution is -2.30. The van der Waals surface area contributed by atoms with Crippen LogP contribution in [0.2, 0.25) is 0 Å². The first kappa shape index (κ1) is 14.9. The summed E-state index contributed by atoms with van der Waals surface area (Å²) in [6.45, 7) is 3.12. The Hall–Kier alpha value is -2.20. The number of ether oxygens (including phenoxy) is 1. The van der Waals surface area contributed by atoms with Gasteiger partial charge in [-0.3, -0.25) is 0 Å². The lowest BCUT2D eigenvalue weighted by molar-refractivity contribution is 0.0695. The van der Waals surface area contributed by atoms with Gasteiger partial charge in [0.25, 0.3) is 0 Å². The molecule has 1 heterocycles. The van der Waals surface area contributed by atoms with Crippen molar-refractivity contribution < 1.29 is 14.6 Å². The summed E-state index contributed by atoms with van der Waals surface area (Å²) in [7, 11) is 1.59. The molecule has 7 heteroatoms. The minimum atomic E-state index is -1.05. The molecule has 0 amide bonds. The van der Waals surface area contributed by atoms with E-state index in [0.29, 0.717) is 37.8 Å². The van der Waals surface area contributed by atoms with E-state index in [1.54, 1.807) is 18.9 Å². The second-order valence-corrected chi connectivity index (χ2v) is 3.86. The number of carboxylic acids is 1. The van der Waals surface area contributed by atoms with Crippen molar-refractivity contribution >= 4 is 11.9 Å². The van der Waals surface area contributed by atoms with Crippen LogP contribution in [0.25, 0.3) is 0 Å². The summed E-state index contributed by atoms with van der Waals surface area (Å²) < 4.78 is 4.99. The van der Waals surface area contributed by atoms with E-state index in [0.717, 1.165) is 0 Å². The quantitative estimate of drug-likeness (QED) is 0.779. The number of carboxylic acid groups (broad SMARTS) is 1. The molecule has 0 fully saturated rings. The summed E-state index contributed by atoms with van der Waals surface area (Å²) in [5, 5.41) is 17.6. The van der Waals surface area contributed by atoms with Crippen molar-refractivity contribution in [2.24, 2.45) is 0 Å². The number of aryl methyl sites for hydroxylation is 1. The van der Waals surface area contributed by atoms with Gasteiger partial charge >= 0.3 is 5.97 Å². The largest absolute Gasteiger partial charge is 0.478 e. The molecule has 0 saturated carbocycles. The molecule has 1 N–H and O–H groups in total. The Bertz CT molecular complexity index is 484. The summed E-state index contributed by atoms with van der Waals surface area (Å²) >= 11 is 0. The zero-order valence-corrected chi connectivity index (χ0v) is 11.0. The highest BCUT2D eigenvalue weighted by Gasteiger charge is 2.14. The van der Waals surface area contributed by atoms with E-state index in [9.17, 15) is 4.79 Å². The summed E-state index contributed by atoms with van der Waals surface area (Å²) in [5.74, 6) is -0.640. The molecule has 19 heavy (non-hydrogen) atoms. The second-order valence-electron chi connectivity index (χ2n) is 3.86. The van der Waals surface area contributed by atoms with Gasteiger partial charge in [0.15, 0.2) is 0 Å². The van der Waals surface area contributed by atoms with Crippen LogP contribution in [0.4, 0.5) is 5.95 Å². The van der Waals surface area contributed by atoms with Crippen LogP contribution < -0.4 is 4.90 Å². The van der Waals surface area contributed by atoms with Gasteiger partial charge in [-0.1, -0.05) is 0 Å². The average Bonchev–Trinajstić information content (AvgIpc) is 2.38. The first-order valence-electron chi connectivity index (χ1n) is 5.78. The van der Waals surface area contributed by atoms with Crippen molar-refractivity contribution in [3.05, 3.63) is 17.5 Å². The maximum Gasteiger partial charge on any atom is 0.339 e. The third kappa shape index (κ3) is 4.19. The van der Waals surface area contributed by atoms with Gasteiger partial charge in [0.05, 0.1) is 30.4 Å². The van der Waals surface area contributed by atoms with Crippen LogP contribution >= 0.6 is 0 Å². The van der Waals surface area contributed by atoms with E-state index in [-0.39, 0.29) is 5.56 Å². The minimum absolute atomic E-state index is 0.0794.